The molecular weight excluding hydrogens is 300 g/mol. The van der Waals surface area contributed by atoms with Crippen LogP contribution in [0.4, 0.5) is 0 Å². The second-order valence-corrected chi connectivity index (χ2v) is 9.70. The molecule has 4 fully saturated rings. The van der Waals surface area contributed by atoms with Crippen LogP contribution in [0.3, 0.4) is 0 Å². The summed E-state index contributed by atoms with van der Waals surface area (Å²) < 4.78 is 0. The molecule has 1 N–H and O–H groups in total. The second kappa shape index (κ2) is 5.65. The van der Waals surface area contributed by atoms with Crippen LogP contribution in [0.2, 0.25) is 0 Å². The maximum absolute atomic E-state index is 12.3. The summed E-state index contributed by atoms with van der Waals surface area (Å²) in [5.41, 5.74) is 0.450. The Labute approximate surface area is 145 Å². The highest BCUT2D eigenvalue weighted by Gasteiger charge is 2.60. The van der Waals surface area contributed by atoms with E-state index in [1.165, 1.54) is 19.3 Å². The molecule has 6 unspecified atom stereocenters. The van der Waals surface area contributed by atoms with Gasteiger partial charge in [-0.2, -0.15) is 0 Å². The summed E-state index contributed by atoms with van der Waals surface area (Å²) in [5, 5.41) is 9.37. The lowest BCUT2D eigenvalue weighted by Crippen LogP contribution is -2.54. The molecule has 0 aromatic heterocycles. The second-order valence-electron chi connectivity index (χ2n) is 9.70. The van der Waals surface area contributed by atoms with Crippen LogP contribution in [0.5, 0.6) is 0 Å². The molecule has 4 aliphatic carbocycles. The number of hydrogen-bond donors (Lipinski definition) is 1. The van der Waals surface area contributed by atoms with Crippen molar-refractivity contribution >= 4 is 11.6 Å². The zero-order valence-corrected chi connectivity index (χ0v) is 15.2. The van der Waals surface area contributed by atoms with Crippen molar-refractivity contribution in [3.8, 4) is 0 Å². The van der Waals surface area contributed by atoms with Gasteiger partial charge in [0.25, 0.3) is 0 Å². The van der Waals surface area contributed by atoms with Crippen LogP contribution in [-0.2, 0) is 9.59 Å². The van der Waals surface area contributed by atoms with Gasteiger partial charge in [0.1, 0.15) is 12.4 Å². The normalized spacial score (nSPS) is 50.8. The van der Waals surface area contributed by atoms with Gasteiger partial charge in [0.05, 0.1) is 0 Å². The first-order valence-electron chi connectivity index (χ1n) is 10.1. The predicted molar refractivity (Wildman–Crippen MR) is 92.3 cm³/mol. The monoisotopic (exact) mass is 332 g/mol. The molecule has 0 aromatic rings. The van der Waals surface area contributed by atoms with Gasteiger partial charge in [0.15, 0.2) is 5.78 Å². The maximum Gasteiger partial charge on any atom is 0.161 e. The van der Waals surface area contributed by atoms with E-state index in [1.54, 1.807) is 0 Å². The van der Waals surface area contributed by atoms with Crippen molar-refractivity contribution in [1.82, 2.24) is 0 Å². The third-order valence-corrected chi connectivity index (χ3v) is 9.03. The molecular formula is C21H32O3. The number of fused-ring (bicyclic) bond motifs is 5. The molecule has 3 nitrogen and oxygen atoms in total. The van der Waals surface area contributed by atoms with E-state index in [2.05, 4.69) is 13.8 Å². The highest BCUT2D eigenvalue weighted by molar-refractivity contribution is 5.83. The molecule has 4 aliphatic rings. The number of aliphatic hydroxyl groups excluding tert-OH is 1. The summed E-state index contributed by atoms with van der Waals surface area (Å²) in [4.78, 5) is 24.2. The summed E-state index contributed by atoms with van der Waals surface area (Å²) in [6, 6.07) is 0. The Morgan fingerprint density at radius 2 is 1.79 bits per heavy atom. The SMILES string of the molecule is CC12CCC3C(CC[C@H]4CC(=O)CCC34C)C1CCC2C(=O)CO. The molecule has 0 radical (unpaired) electrons. The molecule has 4 saturated carbocycles. The average molecular weight is 332 g/mol. The largest absolute Gasteiger partial charge is 0.389 e. The van der Waals surface area contributed by atoms with E-state index < -0.39 is 0 Å². The van der Waals surface area contributed by atoms with Gasteiger partial charge in [-0.05, 0) is 79.4 Å². The molecule has 24 heavy (non-hydrogen) atoms. The van der Waals surface area contributed by atoms with E-state index in [4.69, 9.17) is 0 Å². The molecule has 0 bridgehead atoms. The first kappa shape index (κ1) is 16.8. The molecule has 7 atom stereocenters. The van der Waals surface area contributed by atoms with Gasteiger partial charge in [-0.3, -0.25) is 9.59 Å². The van der Waals surface area contributed by atoms with Crippen LogP contribution >= 0.6 is 0 Å². The van der Waals surface area contributed by atoms with Gasteiger partial charge in [-0.15, -0.1) is 0 Å². The molecule has 4 rings (SSSR count). The fraction of sp³-hybridized carbons (Fsp3) is 0.905. The molecule has 0 aliphatic heterocycles. The lowest BCUT2D eigenvalue weighted by Gasteiger charge is -2.60. The number of carbonyl (C=O) groups excluding carboxylic acids is 2. The van der Waals surface area contributed by atoms with E-state index in [-0.39, 0.29) is 23.7 Å². The van der Waals surface area contributed by atoms with Gasteiger partial charge >= 0.3 is 0 Å². The zero-order valence-electron chi connectivity index (χ0n) is 15.2. The Hall–Kier alpha value is -0.700. The Kier molecular flexibility index (Phi) is 3.95. The van der Waals surface area contributed by atoms with Gasteiger partial charge < -0.3 is 5.11 Å². The molecule has 0 heterocycles. The Balaban J connectivity index is 1.61. The van der Waals surface area contributed by atoms with E-state index in [9.17, 15) is 14.7 Å². The van der Waals surface area contributed by atoms with Gasteiger partial charge in [0.2, 0.25) is 0 Å². The van der Waals surface area contributed by atoms with E-state index in [0.717, 1.165) is 50.4 Å². The maximum atomic E-state index is 12.3. The van der Waals surface area contributed by atoms with Gasteiger partial charge in [-0.25, -0.2) is 0 Å². The topological polar surface area (TPSA) is 54.4 Å². The Morgan fingerprint density at radius 1 is 1.04 bits per heavy atom. The van der Waals surface area contributed by atoms with Crippen molar-refractivity contribution in [3.63, 3.8) is 0 Å². The third-order valence-electron chi connectivity index (χ3n) is 9.03. The van der Waals surface area contributed by atoms with Crippen LogP contribution in [0.1, 0.15) is 71.6 Å². The molecule has 0 saturated heterocycles. The minimum absolute atomic E-state index is 0.0709. The quantitative estimate of drug-likeness (QED) is 0.837. The number of aliphatic hydroxyl groups is 1. The first-order valence-corrected chi connectivity index (χ1v) is 10.1. The summed E-state index contributed by atoms with van der Waals surface area (Å²) in [5.74, 6) is 3.34. The smallest absolute Gasteiger partial charge is 0.161 e. The number of Topliss-reactive ketones (excluding diaryl/α,β-unsaturated/α-hetero) is 2. The van der Waals surface area contributed by atoms with Crippen LogP contribution < -0.4 is 0 Å². The van der Waals surface area contributed by atoms with E-state index in [0.29, 0.717) is 23.0 Å². The Morgan fingerprint density at radius 3 is 2.54 bits per heavy atom. The summed E-state index contributed by atoms with van der Waals surface area (Å²) in [7, 11) is 0. The van der Waals surface area contributed by atoms with Crippen molar-refractivity contribution in [3.05, 3.63) is 0 Å². The van der Waals surface area contributed by atoms with Crippen molar-refractivity contribution in [2.75, 3.05) is 6.61 Å². The standard InChI is InChI=1S/C21H32O3/c1-20-9-7-14(23)11-13(20)3-4-15-16-5-6-18(19(24)12-22)21(16,2)10-8-17(15)20/h13,15-18,22H,3-12H2,1-2H3/t13-,15?,16?,17?,18?,20?,21?/m0/s1. The lowest BCUT2D eigenvalue weighted by molar-refractivity contribution is -0.144. The average Bonchev–Trinajstić information content (AvgIpc) is 2.92. The van der Waals surface area contributed by atoms with Crippen LogP contribution in [0.25, 0.3) is 0 Å². The number of carbonyl (C=O) groups is 2. The zero-order chi connectivity index (χ0) is 17.1. The van der Waals surface area contributed by atoms with Crippen LogP contribution in [-0.4, -0.2) is 23.3 Å². The summed E-state index contributed by atoms with van der Waals surface area (Å²) in [6.45, 7) is 4.51. The number of rotatable bonds is 2. The predicted octanol–water partition coefficient (Wildman–Crippen LogP) is 3.78. The van der Waals surface area contributed by atoms with Crippen molar-refractivity contribution < 1.29 is 14.7 Å². The highest BCUT2D eigenvalue weighted by atomic mass is 16.3. The van der Waals surface area contributed by atoms with Crippen molar-refractivity contribution in [2.45, 2.75) is 71.6 Å². The third kappa shape index (κ3) is 2.19. The number of hydrogen-bond acceptors (Lipinski definition) is 3. The minimum atomic E-state index is -0.289. The fourth-order valence-corrected chi connectivity index (χ4v) is 7.68. The molecule has 3 heteroatoms. The summed E-state index contributed by atoms with van der Waals surface area (Å²) in [6.07, 6.45) is 9.61. The molecule has 0 amide bonds. The summed E-state index contributed by atoms with van der Waals surface area (Å²) >= 11 is 0. The van der Waals surface area contributed by atoms with Crippen LogP contribution in [0.15, 0.2) is 0 Å². The van der Waals surface area contributed by atoms with Crippen molar-refractivity contribution in [2.24, 2.45) is 40.4 Å². The van der Waals surface area contributed by atoms with Gasteiger partial charge in [-0.1, -0.05) is 13.8 Å². The fourth-order valence-electron chi connectivity index (χ4n) is 7.68. The van der Waals surface area contributed by atoms with Crippen molar-refractivity contribution in [1.29, 1.82) is 0 Å². The van der Waals surface area contributed by atoms with E-state index in [1.807, 2.05) is 0 Å². The Bertz CT molecular complexity index is 555. The highest BCUT2D eigenvalue weighted by Crippen LogP contribution is 2.67. The lowest BCUT2D eigenvalue weighted by atomic mass is 9.44. The molecule has 134 valence electrons. The molecule has 0 spiro atoms. The first-order chi connectivity index (χ1) is 11.4. The number of ketones is 2. The van der Waals surface area contributed by atoms with Gasteiger partial charge in [0, 0.05) is 18.8 Å². The molecule has 0 aromatic carbocycles. The van der Waals surface area contributed by atoms with Crippen LogP contribution in [0, 0.1) is 40.4 Å². The minimum Gasteiger partial charge on any atom is -0.389 e. The van der Waals surface area contributed by atoms with E-state index >= 15 is 0 Å².